The van der Waals surface area contributed by atoms with Crippen molar-refractivity contribution < 1.29 is 9.53 Å². The van der Waals surface area contributed by atoms with Crippen LogP contribution in [0.1, 0.15) is 44.7 Å². The van der Waals surface area contributed by atoms with E-state index in [1.807, 2.05) is 38.1 Å². The van der Waals surface area contributed by atoms with Crippen LogP contribution >= 0.6 is 0 Å². The molecule has 1 aromatic rings. The summed E-state index contributed by atoms with van der Waals surface area (Å²) in [5.74, 6) is 0.0989. The van der Waals surface area contributed by atoms with Crippen molar-refractivity contribution in [3.8, 4) is 0 Å². The van der Waals surface area contributed by atoms with Crippen LogP contribution in [0.5, 0.6) is 0 Å². The first-order chi connectivity index (χ1) is 10.1. The minimum atomic E-state index is -0.446. The zero-order chi connectivity index (χ0) is 15.7. The molecule has 0 saturated carbocycles. The Morgan fingerprint density at radius 3 is 2.57 bits per heavy atom. The van der Waals surface area contributed by atoms with Crippen molar-refractivity contribution in [1.82, 2.24) is 5.32 Å². The Hall–Kier alpha value is -1.39. The second-order valence-corrected chi connectivity index (χ2v) is 5.45. The number of nitrogens with one attached hydrogen (secondary N) is 1. The van der Waals surface area contributed by atoms with Gasteiger partial charge < -0.3 is 15.8 Å². The van der Waals surface area contributed by atoms with Gasteiger partial charge in [0.05, 0.1) is 12.6 Å². The number of rotatable bonds is 9. The Balaban J connectivity index is 2.56. The standard InChI is InChI=1S/C17H28N2O2/c1-4-10-21-12-15-9-7-6-8-14(15)11-19-17(20)16(18)13(3)5-2/h6-9,13,16H,4-5,10-12,18H2,1-3H3,(H,19,20). The SMILES string of the molecule is CCCOCc1ccccc1CNC(=O)C(N)C(C)CC. The highest BCUT2D eigenvalue weighted by molar-refractivity contribution is 5.81. The number of benzene rings is 1. The van der Waals surface area contributed by atoms with Crippen LogP contribution in [0.25, 0.3) is 0 Å². The predicted molar refractivity (Wildman–Crippen MR) is 85.7 cm³/mol. The van der Waals surface area contributed by atoms with Crippen LogP contribution in [0.15, 0.2) is 24.3 Å². The minimum absolute atomic E-state index is 0.0892. The molecule has 1 rings (SSSR count). The van der Waals surface area contributed by atoms with E-state index < -0.39 is 6.04 Å². The molecule has 4 heteroatoms. The molecule has 0 aliphatic carbocycles. The Labute approximate surface area is 128 Å². The fraction of sp³-hybridized carbons (Fsp3) is 0.588. The average Bonchev–Trinajstić information content (AvgIpc) is 2.52. The van der Waals surface area contributed by atoms with Gasteiger partial charge in [-0.3, -0.25) is 4.79 Å². The molecule has 0 aromatic heterocycles. The molecule has 4 nitrogen and oxygen atoms in total. The topological polar surface area (TPSA) is 64.3 Å². The highest BCUT2D eigenvalue weighted by atomic mass is 16.5. The lowest BCUT2D eigenvalue weighted by Crippen LogP contribution is -2.44. The first-order valence-corrected chi connectivity index (χ1v) is 7.77. The smallest absolute Gasteiger partial charge is 0.237 e. The number of hydrogen-bond donors (Lipinski definition) is 2. The van der Waals surface area contributed by atoms with E-state index in [0.717, 1.165) is 30.6 Å². The molecule has 3 N–H and O–H groups in total. The van der Waals surface area contributed by atoms with E-state index in [1.165, 1.54) is 0 Å². The lowest BCUT2D eigenvalue weighted by molar-refractivity contribution is -0.123. The van der Waals surface area contributed by atoms with Crippen molar-refractivity contribution in [2.75, 3.05) is 6.61 Å². The number of amides is 1. The van der Waals surface area contributed by atoms with Gasteiger partial charge in [-0.25, -0.2) is 0 Å². The van der Waals surface area contributed by atoms with E-state index in [2.05, 4.69) is 12.2 Å². The highest BCUT2D eigenvalue weighted by Crippen LogP contribution is 2.11. The summed E-state index contributed by atoms with van der Waals surface area (Å²) in [5.41, 5.74) is 8.13. The van der Waals surface area contributed by atoms with Gasteiger partial charge in [-0.2, -0.15) is 0 Å². The quantitative estimate of drug-likeness (QED) is 0.688. The van der Waals surface area contributed by atoms with Gasteiger partial charge in [-0.15, -0.1) is 0 Å². The largest absolute Gasteiger partial charge is 0.377 e. The zero-order valence-corrected chi connectivity index (χ0v) is 13.4. The molecule has 0 saturated heterocycles. The van der Waals surface area contributed by atoms with Gasteiger partial charge in [0.15, 0.2) is 0 Å². The minimum Gasteiger partial charge on any atom is -0.377 e. The molecule has 1 aromatic carbocycles. The van der Waals surface area contributed by atoms with Crippen LogP contribution in [0.4, 0.5) is 0 Å². The summed E-state index contributed by atoms with van der Waals surface area (Å²) in [6.45, 7) is 7.95. The second kappa shape index (κ2) is 9.53. The van der Waals surface area contributed by atoms with Crippen molar-refractivity contribution in [3.63, 3.8) is 0 Å². The number of carbonyl (C=O) groups excluding carboxylic acids is 1. The Kier molecular flexibility index (Phi) is 8.01. The average molecular weight is 292 g/mol. The van der Waals surface area contributed by atoms with Gasteiger partial charge in [0.2, 0.25) is 5.91 Å². The molecule has 0 fully saturated rings. The maximum atomic E-state index is 12.0. The van der Waals surface area contributed by atoms with E-state index in [9.17, 15) is 4.79 Å². The van der Waals surface area contributed by atoms with E-state index in [4.69, 9.17) is 10.5 Å². The van der Waals surface area contributed by atoms with E-state index in [1.54, 1.807) is 0 Å². The van der Waals surface area contributed by atoms with Crippen LogP contribution in [-0.2, 0) is 22.7 Å². The van der Waals surface area contributed by atoms with Crippen molar-refractivity contribution in [2.24, 2.45) is 11.7 Å². The second-order valence-electron chi connectivity index (χ2n) is 5.45. The number of nitrogens with two attached hydrogens (primary N) is 1. The summed E-state index contributed by atoms with van der Waals surface area (Å²) >= 11 is 0. The fourth-order valence-electron chi connectivity index (χ4n) is 2.01. The molecule has 0 bridgehead atoms. The third-order valence-electron chi connectivity index (χ3n) is 3.74. The molecule has 0 heterocycles. The number of ether oxygens (including phenoxy) is 1. The van der Waals surface area contributed by atoms with E-state index >= 15 is 0 Å². The molecule has 0 radical (unpaired) electrons. The van der Waals surface area contributed by atoms with E-state index in [0.29, 0.717) is 13.2 Å². The van der Waals surface area contributed by atoms with Crippen molar-refractivity contribution >= 4 is 5.91 Å². The molecular weight excluding hydrogens is 264 g/mol. The molecular formula is C17H28N2O2. The molecule has 1 amide bonds. The third-order valence-corrected chi connectivity index (χ3v) is 3.74. The Bertz CT molecular complexity index is 435. The fourth-order valence-corrected chi connectivity index (χ4v) is 2.01. The first kappa shape index (κ1) is 17.7. The maximum Gasteiger partial charge on any atom is 0.237 e. The van der Waals surface area contributed by atoms with Crippen LogP contribution in [0.2, 0.25) is 0 Å². The summed E-state index contributed by atoms with van der Waals surface area (Å²) < 4.78 is 5.58. The van der Waals surface area contributed by atoms with Crippen LogP contribution in [0.3, 0.4) is 0 Å². The number of hydrogen-bond acceptors (Lipinski definition) is 3. The summed E-state index contributed by atoms with van der Waals surface area (Å²) in [6, 6.07) is 7.56. The first-order valence-electron chi connectivity index (χ1n) is 7.77. The van der Waals surface area contributed by atoms with Crippen LogP contribution < -0.4 is 11.1 Å². The lowest BCUT2D eigenvalue weighted by Gasteiger charge is -2.18. The number of carbonyl (C=O) groups is 1. The lowest BCUT2D eigenvalue weighted by atomic mass is 9.99. The maximum absolute atomic E-state index is 12.0. The Morgan fingerprint density at radius 2 is 1.95 bits per heavy atom. The van der Waals surface area contributed by atoms with Crippen molar-refractivity contribution in [2.45, 2.75) is 52.8 Å². The molecule has 21 heavy (non-hydrogen) atoms. The Morgan fingerprint density at radius 1 is 1.29 bits per heavy atom. The molecule has 0 aliphatic heterocycles. The molecule has 118 valence electrons. The van der Waals surface area contributed by atoms with Gasteiger partial charge in [-0.1, -0.05) is 51.5 Å². The summed E-state index contributed by atoms with van der Waals surface area (Å²) in [6.07, 6.45) is 1.90. The normalized spacial score (nSPS) is 13.7. The predicted octanol–water partition coefficient (Wildman–Crippen LogP) is 2.60. The van der Waals surface area contributed by atoms with Gasteiger partial charge in [-0.05, 0) is 23.5 Å². The molecule has 0 spiro atoms. The van der Waals surface area contributed by atoms with Crippen molar-refractivity contribution in [1.29, 1.82) is 0 Å². The van der Waals surface area contributed by atoms with Gasteiger partial charge in [0, 0.05) is 13.2 Å². The monoisotopic (exact) mass is 292 g/mol. The van der Waals surface area contributed by atoms with Gasteiger partial charge >= 0.3 is 0 Å². The highest BCUT2D eigenvalue weighted by Gasteiger charge is 2.19. The zero-order valence-electron chi connectivity index (χ0n) is 13.4. The van der Waals surface area contributed by atoms with Gasteiger partial charge in [0.25, 0.3) is 0 Å². The van der Waals surface area contributed by atoms with Crippen LogP contribution in [-0.4, -0.2) is 18.6 Å². The summed E-state index contributed by atoms with van der Waals surface area (Å²) in [4.78, 5) is 12.0. The van der Waals surface area contributed by atoms with Gasteiger partial charge in [0.1, 0.15) is 0 Å². The van der Waals surface area contributed by atoms with E-state index in [-0.39, 0.29) is 11.8 Å². The summed E-state index contributed by atoms with van der Waals surface area (Å²) in [5, 5.41) is 2.93. The molecule has 0 aliphatic rings. The third kappa shape index (κ3) is 5.86. The summed E-state index contributed by atoms with van der Waals surface area (Å²) in [7, 11) is 0. The van der Waals surface area contributed by atoms with Crippen LogP contribution in [0, 0.1) is 5.92 Å². The molecule has 2 unspecified atom stereocenters. The molecule has 2 atom stereocenters. The van der Waals surface area contributed by atoms with Crippen molar-refractivity contribution in [3.05, 3.63) is 35.4 Å².